The second-order valence-corrected chi connectivity index (χ2v) is 6.36. The van der Waals surface area contributed by atoms with Crippen molar-refractivity contribution >= 4 is 17.7 Å². The summed E-state index contributed by atoms with van der Waals surface area (Å²) < 4.78 is 4.81. The van der Waals surface area contributed by atoms with E-state index in [1.54, 1.807) is 6.92 Å². The molecular weight excluding hydrogens is 320 g/mol. The number of hydrogen-bond acceptors (Lipinski definition) is 4. The lowest BCUT2D eigenvalue weighted by atomic mass is 9.95. The van der Waals surface area contributed by atoms with Gasteiger partial charge in [-0.3, -0.25) is 9.59 Å². The first-order valence-electron chi connectivity index (χ1n) is 8.86. The molecule has 5 nitrogen and oxygen atoms in total. The predicted molar refractivity (Wildman–Crippen MR) is 95.5 cm³/mol. The zero-order valence-corrected chi connectivity index (χ0v) is 15.3. The number of aryl methyl sites for hydroxylation is 3. The van der Waals surface area contributed by atoms with Crippen molar-refractivity contribution in [2.45, 2.75) is 59.3 Å². The Morgan fingerprint density at radius 2 is 1.76 bits per heavy atom. The molecule has 0 spiro atoms. The number of carbonyl (C=O) groups excluding carboxylic acids is 2. The Morgan fingerprint density at radius 3 is 2.36 bits per heavy atom. The highest BCUT2D eigenvalue weighted by atomic mass is 16.5. The second-order valence-electron chi connectivity index (χ2n) is 6.36. The van der Waals surface area contributed by atoms with Crippen LogP contribution in [0.5, 0.6) is 0 Å². The van der Waals surface area contributed by atoms with Gasteiger partial charge in [-0.15, -0.1) is 0 Å². The fourth-order valence-corrected chi connectivity index (χ4v) is 2.89. The number of esters is 1. The Kier molecular flexibility index (Phi) is 8.89. The average Bonchev–Trinajstić information content (AvgIpc) is 2.55. The van der Waals surface area contributed by atoms with Gasteiger partial charge in [0.1, 0.15) is 5.92 Å². The number of aliphatic carboxylic acids is 1. The summed E-state index contributed by atoms with van der Waals surface area (Å²) in [4.78, 5) is 34.2. The van der Waals surface area contributed by atoms with Crippen LogP contribution in [0.4, 0.5) is 0 Å². The van der Waals surface area contributed by atoms with Gasteiger partial charge in [-0.1, -0.05) is 43.0 Å². The van der Waals surface area contributed by atoms with E-state index in [0.29, 0.717) is 6.42 Å². The normalized spacial score (nSPS) is 11.8. The summed E-state index contributed by atoms with van der Waals surface area (Å²) in [6.07, 6.45) is 4.73. The fourth-order valence-electron chi connectivity index (χ4n) is 2.89. The van der Waals surface area contributed by atoms with Gasteiger partial charge in [0.25, 0.3) is 5.78 Å². The fraction of sp³-hybridized carbons (Fsp3) is 0.550. The number of ketones is 1. The first kappa shape index (κ1) is 20.9. The van der Waals surface area contributed by atoms with E-state index in [-0.39, 0.29) is 13.0 Å². The molecule has 1 atom stereocenters. The van der Waals surface area contributed by atoms with E-state index in [2.05, 4.69) is 32.0 Å². The number of hydrogen-bond donors (Lipinski definition) is 1. The monoisotopic (exact) mass is 348 g/mol. The van der Waals surface area contributed by atoms with Crippen molar-refractivity contribution in [1.29, 1.82) is 0 Å². The SMILES string of the molecule is CCOC(=O)C(CCCCCCc1ccc(C)cc1C)C(=O)C(=O)O. The summed E-state index contributed by atoms with van der Waals surface area (Å²) in [5.41, 5.74) is 3.90. The number of carbonyl (C=O) groups is 3. The molecule has 0 amide bonds. The molecule has 0 heterocycles. The van der Waals surface area contributed by atoms with Crippen molar-refractivity contribution in [3.63, 3.8) is 0 Å². The van der Waals surface area contributed by atoms with Crippen molar-refractivity contribution in [1.82, 2.24) is 0 Å². The molecule has 0 aliphatic rings. The van der Waals surface area contributed by atoms with Gasteiger partial charge in [-0.25, -0.2) is 4.79 Å². The first-order chi connectivity index (χ1) is 11.9. The number of carboxylic acids is 1. The molecule has 1 unspecified atom stereocenters. The maximum atomic E-state index is 11.8. The number of rotatable bonds is 11. The Bertz CT molecular complexity index is 606. The van der Waals surface area contributed by atoms with Crippen molar-refractivity contribution < 1.29 is 24.2 Å². The van der Waals surface area contributed by atoms with Crippen molar-refractivity contribution in [3.8, 4) is 0 Å². The lowest BCUT2D eigenvalue weighted by Crippen LogP contribution is -2.31. The summed E-state index contributed by atoms with van der Waals surface area (Å²) in [7, 11) is 0. The van der Waals surface area contributed by atoms with Crippen LogP contribution in [0, 0.1) is 19.8 Å². The van der Waals surface area contributed by atoms with E-state index >= 15 is 0 Å². The van der Waals surface area contributed by atoms with Crippen molar-refractivity contribution in [2.24, 2.45) is 5.92 Å². The highest BCUT2D eigenvalue weighted by molar-refractivity contribution is 6.37. The zero-order valence-electron chi connectivity index (χ0n) is 15.3. The van der Waals surface area contributed by atoms with Crippen LogP contribution in [0.2, 0.25) is 0 Å². The lowest BCUT2D eigenvalue weighted by molar-refractivity contribution is -0.159. The summed E-state index contributed by atoms with van der Waals surface area (Å²) in [6, 6.07) is 6.45. The van der Waals surface area contributed by atoms with Gasteiger partial charge in [0.05, 0.1) is 6.61 Å². The minimum absolute atomic E-state index is 0.137. The Balaban J connectivity index is 2.37. The maximum Gasteiger partial charge on any atom is 0.373 e. The van der Waals surface area contributed by atoms with Gasteiger partial charge in [0.15, 0.2) is 0 Å². The van der Waals surface area contributed by atoms with E-state index in [0.717, 1.165) is 25.7 Å². The molecule has 1 aromatic carbocycles. The van der Waals surface area contributed by atoms with E-state index in [1.165, 1.54) is 16.7 Å². The van der Waals surface area contributed by atoms with Gasteiger partial charge in [-0.05, 0) is 51.2 Å². The summed E-state index contributed by atoms with van der Waals surface area (Å²) in [5.74, 6) is -4.57. The molecule has 1 aromatic rings. The third-order valence-electron chi connectivity index (χ3n) is 4.29. The largest absolute Gasteiger partial charge is 0.475 e. The van der Waals surface area contributed by atoms with Crippen LogP contribution >= 0.6 is 0 Å². The second kappa shape index (κ2) is 10.6. The first-order valence-corrected chi connectivity index (χ1v) is 8.86. The van der Waals surface area contributed by atoms with Crippen LogP contribution in [-0.4, -0.2) is 29.4 Å². The molecule has 0 fully saturated rings. The molecule has 1 N–H and O–H groups in total. The topological polar surface area (TPSA) is 80.7 Å². The van der Waals surface area contributed by atoms with Gasteiger partial charge in [0.2, 0.25) is 0 Å². The molecule has 0 saturated heterocycles. The molecule has 0 aliphatic carbocycles. The molecule has 0 radical (unpaired) electrons. The number of benzene rings is 1. The molecule has 1 rings (SSSR count). The molecule has 5 heteroatoms. The van der Waals surface area contributed by atoms with Gasteiger partial charge < -0.3 is 9.84 Å². The molecule has 0 saturated carbocycles. The molecule has 0 aliphatic heterocycles. The average molecular weight is 348 g/mol. The Morgan fingerprint density at radius 1 is 1.08 bits per heavy atom. The lowest BCUT2D eigenvalue weighted by Gasteiger charge is -2.12. The quantitative estimate of drug-likeness (QED) is 0.286. The smallest absolute Gasteiger partial charge is 0.373 e. The summed E-state index contributed by atoms with van der Waals surface area (Å²) in [5, 5.41) is 8.82. The molecule has 25 heavy (non-hydrogen) atoms. The van der Waals surface area contributed by atoms with Crippen molar-refractivity contribution in [3.05, 3.63) is 34.9 Å². The predicted octanol–water partition coefficient (Wildman–Crippen LogP) is 3.63. The highest BCUT2D eigenvalue weighted by Crippen LogP contribution is 2.17. The summed E-state index contributed by atoms with van der Waals surface area (Å²) in [6.45, 7) is 5.96. The number of carboxylic acid groups (broad SMARTS) is 1. The van der Waals surface area contributed by atoms with E-state index in [9.17, 15) is 14.4 Å². The minimum Gasteiger partial charge on any atom is -0.475 e. The van der Waals surface area contributed by atoms with Crippen LogP contribution in [-0.2, 0) is 25.5 Å². The molecular formula is C20H28O5. The van der Waals surface area contributed by atoms with Crippen LogP contribution < -0.4 is 0 Å². The minimum atomic E-state index is -1.58. The zero-order chi connectivity index (χ0) is 18.8. The highest BCUT2D eigenvalue weighted by Gasteiger charge is 2.32. The molecule has 0 bridgehead atoms. The van der Waals surface area contributed by atoms with Crippen molar-refractivity contribution in [2.75, 3.05) is 6.61 Å². The Labute approximate surface area is 149 Å². The molecule has 0 aromatic heterocycles. The van der Waals surface area contributed by atoms with Gasteiger partial charge in [0, 0.05) is 0 Å². The number of ether oxygens (including phenoxy) is 1. The van der Waals surface area contributed by atoms with E-state index in [4.69, 9.17) is 9.84 Å². The van der Waals surface area contributed by atoms with Gasteiger partial charge in [-0.2, -0.15) is 0 Å². The van der Waals surface area contributed by atoms with E-state index < -0.39 is 23.6 Å². The van der Waals surface area contributed by atoms with Crippen LogP contribution in [0.25, 0.3) is 0 Å². The van der Waals surface area contributed by atoms with Crippen LogP contribution in [0.3, 0.4) is 0 Å². The standard InChI is InChI=1S/C20H28O5/c1-4-25-20(24)17(18(21)19(22)23)10-8-6-5-7-9-16-12-11-14(2)13-15(16)3/h11-13,17H,4-10H2,1-3H3,(H,22,23). The third-order valence-corrected chi connectivity index (χ3v) is 4.29. The van der Waals surface area contributed by atoms with Crippen LogP contribution in [0.1, 0.15) is 55.7 Å². The maximum absolute atomic E-state index is 11.8. The Hall–Kier alpha value is -2.17. The van der Waals surface area contributed by atoms with Gasteiger partial charge >= 0.3 is 11.9 Å². The molecule has 138 valence electrons. The number of Topliss-reactive ketones (excluding diaryl/α,β-unsaturated/α-hetero) is 1. The van der Waals surface area contributed by atoms with E-state index in [1.807, 2.05) is 0 Å². The summed E-state index contributed by atoms with van der Waals surface area (Å²) >= 11 is 0. The van der Waals surface area contributed by atoms with Crippen LogP contribution in [0.15, 0.2) is 18.2 Å². The number of unbranched alkanes of at least 4 members (excludes halogenated alkanes) is 3. The third kappa shape index (κ3) is 7.08.